The van der Waals surface area contributed by atoms with E-state index in [-0.39, 0.29) is 0 Å². The zero-order valence-corrected chi connectivity index (χ0v) is 19.6. The third-order valence-corrected chi connectivity index (χ3v) is 7.01. The number of nitrogens with zero attached hydrogens (tertiary/aromatic N) is 7. The highest BCUT2D eigenvalue weighted by Crippen LogP contribution is 2.37. The molecule has 0 radical (unpaired) electrons. The molecule has 0 spiro atoms. The fraction of sp³-hybridized carbons (Fsp3) is 0.364. The van der Waals surface area contributed by atoms with E-state index >= 15 is 0 Å². The number of hydrogen-bond acceptors (Lipinski definition) is 6. The van der Waals surface area contributed by atoms with Crippen LogP contribution in [0.15, 0.2) is 41.3 Å². The molecule has 0 N–H and O–H groups in total. The number of ether oxygens (including phenoxy) is 1. The van der Waals surface area contributed by atoms with Gasteiger partial charge in [-0.1, -0.05) is 16.8 Å². The number of hydrogen-bond donors (Lipinski definition) is 0. The normalized spacial score (nSPS) is 16.4. The summed E-state index contributed by atoms with van der Waals surface area (Å²) >= 11 is 9.95. The summed E-state index contributed by atoms with van der Waals surface area (Å²) in [5, 5.41) is 9.30. The third-order valence-electron chi connectivity index (χ3n) is 6.03. The lowest BCUT2D eigenvalue weighted by Gasteiger charge is -2.28. The van der Waals surface area contributed by atoms with Gasteiger partial charge in [0.05, 0.1) is 21.6 Å². The predicted octanol–water partition coefficient (Wildman–Crippen LogP) is 4.66. The van der Waals surface area contributed by atoms with Crippen molar-refractivity contribution in [2.24, 2.45) is 5.92 Å². The van der Waals surface area contributed by atoms with Crippen molar-refractivity contribution in [3.63, 3.8) is 0 Å². The number of halogens is 2. The van der Waals surface area contributed by atoms with Crippen molar-refractivity contribution in [3.8, 4) is 11.6 Å². The van der Waals surface area contributed by atoms with Crippen molar-refractivity contribution in [1.82, 2.24) is 34.4 Å². The van der Waals surface area contributed by atoms with E-state index in [0.717, 1.165) is 59.0 Å². The van der Waals surface area contributed by atoms with E-state index in [9.17, 15) is 0 Å². The lowest BCUT2D eigenvalue weighted by Crippen LogP contribution is -2.33. The van der Waals surface area contributed by atoms with Gasteiger partial charge in [-0.3, -0.25) is 4.90 Å². The minimum absolute atomic E-state index is 0.536. The van der Waals surface area contributed by atoms with Crippen LogP contribution in [0.4, 0.5) is 0 Å². The molecule has 6 rings (SSSR count). The van der Waals surface area contributed by atoms with Crippen LogP contribution in [0.5, 0.6) is 11.6 Å². The summed E-state index contributed by atoms with van der Waals surface area (Å²) in [5.74, 6) is 2.98. The number of pyridine rings is 1. The molecular weight excluding hydrogens is 494 g/mol. The monoisotopic (exact) mass is 513 g/mol. The minimum atomic E-state index is 0.536. The Hall–Kier alpha value is -2.49. The van der Waals surface area contributed by atoms with Gasteiger partial charge in [-0.25, -0.2) is 14.6 Å². The van der Waals surface area contributed by atoms with Crippen LogP contribution >= 0.6 is 27.5 Å². The molecule has 4 heterocycles. The number of aromatic nitrogens is 6. The summed E-state index contributed by atoms with van der Waals surface area (Å²) in [6.45, 7) is 4.21. The molecule has 1 saturated carbocycles. The molecular formula is C22H21BrClN7O. The number of imidazole rings is 1. The summed E-state index contributed by atoms with van der Waals surface area (Å²) in [4.78, 5) is 11.3. The SMILES string of the molecule is Clc1cnc(Oc2ccc3c(nnn3CC3CC3)c2Br)c(CN2CCn3ccnc3C2)c1. The maximum atomic E-state index is 6.28. The molecule has 8 nitrogen and oxygen atoms in total. The molecule has 0 saturated heterocycles. The first-order valence-corrected chi connectivity index (χ1v) is 11.9. The van der Waals surface area contributed by atoms with Crippen LogP contribution in [0.2, 0.25) is 5.02 Å². The second-order valence-electron chi connectivity index (χ2n) is 8.43. The Bertz CT molecular complexity index is 1300. The Kier molecular flexibility index (Phi) is 5.12. The zero-order chi connectivity index (χ0) is 21.7. The van der Waals surface area contributed by atoms with Gasteiger partial charge in [0, 0.05) is 50.3 Å². The van der Waals surface area contributed by atoms with E-state index in [0.29, 0.717) is 23.2 Å². The van der Waals surface area contributed by atoms with Crippen molar-refractivity contribution in [1.29, 1.82) is 0 Å². The highest BCUT2D eigenvalue weighted by molar-refractivity contribution is 9.10. The van der Waals surface area contributed by atoms with Crippen molar-refractivity contribution in [3.05, 3.63) is 57.7 Å². The molecule has 0 atom stereocenters. The molecule has 1 aliphatic carbocycles. The van der Waals surface area contributed by atoms with Crippen LogP contribution < -0.4 is 4.74 Å². The molecule has 0 unspecified atom stereocenters. The summed E-state index contributed by atoms with van der Waals surface area (Å²) in [7, 11) is 0. The lowest BCUT2D eigenvalue weighted by molar-refractivity contribution is 0.206. The Morgan fingerprint density at radius 2 is 2.09 bits per heavy atom. The van der Waals surface area contributed by atoms with Crippen molar-refractivity contribution in [2.45, 2.75) is 39.0 Å². The standard InChI is InChI=1S/C22H21BrClN7O/c23-20-18(4-3-17-21(20)27-28-31(17)11-14-1-2-14)32-22-15(9-16(24)10-26-22)12-29-7-8-30-6-5-25-19(30)13-29/h3-6,9-10,14H,1-2,7-8,11-13H2. The first-order valence-electron chi connectivity index (χ1n) is 10.7. The summed E-state index contributed by atoms with van der Waals surface area (Å²) in [6, 6.07) is 5.87. The molecule has 0 bridgehead atoms. The van der Waals surface area contributed by atoms with Gasteiger partial charge >= 0.3 is 0 Å². The minimum Gasteiger partial charge on any atom is -0.437 e. The average Bonchev–Trinajstić information content (AvgIpc) is 3.32. The summed E-state index contributed by atoms with van der Waals surface area (Å²) in [5.41, 5.74) is 2.73. The first kappa shape index (κ1) is 20.1. The smallest absolute Gasteiger partial charge is 0.223 e. The van der Waals surface area contributed by atoms with Gasteiger partial charge in [0.2, 0.25) is 5.88 Å². The van der Waals surface area contributed by atoms with Crippen molar-refractivity contribution < 1.29 is 4.74 Å². The van der Waals surface area contributed by atoms with E-state index in [1.165, 1.54) is 12.8 Å². The van der Waals surface area contributed by atoms with Gasteiger partial charge in [0.1, 0.15) is 17.1 Å². The maximum absolute atomic E-state index is 6.28. The van der Waals surface area contributed by atoms with Gasteiger partial charge in [-0.05, 0) is 52.9 Å². The van der Waals surface area contributed by atoms with Crippen LogP contribution in [0, 0.1) is 5.92 Å². The van der Waals surface area contributed by atoms with E-state index in [2.05, 4.69) is 45.7 Å². The van der Waals surface area contributed by atoms with Gasteiger partial charge in [0.15, 0.2) is 0 Å². The molecule has 164 valence electrons. The van der Waals surface area contributed by atoms with Gasteiger partial charge in [-0.15, -0.1) is 5.10 Å². The zero-order valence-electron chi connectivity index (χ0n) is 17.3. The quantitative estimate of drug-likeness (QED) is 0.373. The maximum Gasteiger partial charge on any atom is 0.223 e. The summed E-state index contributed by atoms with van der Waals surface area (Å²) in [6.07, 6.45) is 8.03. The van der Waals surface area contributed by atoms with Gasteiger partial charge < -0.3 is 9.30 Å². The lowest BCUT2D eigenvalue weighted by atomic mass is 10.2. The molecule has 3 aromatic heterocycles. The Morgan fingerprint density at radius 3 is 2.97 bits per heavy atom. The molecule has 10 heteroatoms. The van der Waals surface area contributed by atoms with Crippen molar-refractivity contribution >= 4 is 38.6 Å². The Balaban J connectivity index is 1.26. The highest BCUT2D eigenvalue weighted by Gasteiger charge is 2.24. The molecule has 0 amide bonds. The van der Waals surface area contributed by atoms with Crippen LogP contribution in [-0.2, 0) is 26.2 Å². The Labute approximate surface area is 198 Å². The summed E-state index contributed by atoms with van der Waals surface area (Å²) < 4.78 is 11.2. The molecule has 2 aliphatic rings. The van der Waals surface area contributed by atoms with E-state index < -0.39 is 0 Å². The van der Waals surface area contributed by atoms with E-state index in [4.69, 9.17) is 16.3 Å². The topological polar surface area (TPSA) is 73.9 Å². The average molecular weight is 515 g/mol. The molecule has 32 heavy (non-hydrogen) atoms. The number of benzene rings is 1. The fourth-order valence-corrected chi connectivity index (χ4v) is 4.80. The Morgan fingerprint density at radius 1 is 1.19 bits per heavy atom. The first-order chi connectivity index (χ1) is 15.6. The second kappa shape index (κ2) is 8.13. The van der Waals surface area contributed by atoms with Crippen LogP contribution in [0.1, 0.15) is 24.2 Å². The van der Waals surface area contributed by atoms with E-state index in [1.54, 1.807) is 6.20 Å². The largest absolute Gasteiger partial charge is 0.437 e. The van der Waals surface area contributed by atoms with E-state index in [1.807, 2.05) is 35.3 Å². The van der Waals surface area contributed by atoms with Crippen LogP contribution in [-0.4, -0.2) is 41.0 Å². The van der Waals surface area contributed by atoms with Gasteiger partial charge in [0.25, 0.3) is 0 Å². The van der Waals surface area contributed by atoms with Crippen LogP contribution in [0.25, 0.3) is 11.0 Å². The molecule has 1 aromatic carbocycles. The van der Waals surface area contributed by atoms with Crippen molar-refractivity contribution in [2.75, 3.05) is 6.54 Å². The fourth-order valence-electron chi connectivity index (χ4n) is 4.12. The predicted molar refractivity (Wildman–Crippen MR) is 124 cm³/mol. The second-order valence-corrected chi connectivity index (χ2v) is 9.66. The molecule has 1 fully saturated rings. The highest BCUT2D eigenvalue weighted by atomic mass is 79.9. The van der Waals surface area contributed by atoms with Crippen LogP contribution in [0.3, 0.4) is 0 Å². The molecule has 1 aliphatic heterocycles. The molecule has 4 aromatic rings. The number of rotatable bonds is 6. The van der Waals surface area contributed by atoms with Gasteiger partial charge in [-0.2, -0.15) is 0 Å². The third kappa shape index (κ3) is 3.89. The number of fused-ring (bicyclic) bond motifs is 2.